The van der Waals surface area contributed by atoms with Crippen molar-refractivity contribution in [1.82, 2.24) is 4.90 Å². The van der Waals surface area contributed by atoms with Gasteiger partial charge in [0.2, 0.25) is 0 Å². The van der Waals surface area contributed by atoms with Gasteiger partial charge in [0, 0.05) is 43.0 Å². The lowest BCUT2D eigenvalue weighted by Crippen LogP contribution is -2.46. The fourth-order valence-corrected chi connectivity index (χ4v) is 5.45. The summed E-state index contributed by atoms with van der Waals surface area (Å²) in [7, 11) is 0. The Labute approximate surface area is 263 Å². The molecule has 0 aliphatic carbocycles. The quantitative estimate of drug-likeness (QED) is 0.106. The fourth-order valence-electron chi connectivity index (χ4n) is 5.45. The molecule has 2 aliphatic heterocycles. The number of fused-ring (bicyclic) bond motifs is 1. The molecule has 0 aromatic heterocycles. The molecule has 1 fully saturated rings. The number of likely N-dealkylation sites (tertiary alicyclic amines) is 1. The first-order valence-electron chi connectivity index (χ1n) is 14.8. The van der Waals surface area contributed by atoms with Gasteiger partial charge in [0.05, 0.1) is 38.2 Å². The van der Waals surface area contributed by atoms with Crippen molar-refractivity contribution >= 4 is 17.7 Å². The number of carbonyl (C=O) groups is 2. The third-order valence-electron chi connectivity index (χ3n) is 7.76. The molecule has 2 unspecified atom stereocenters. The predicted octanol–water partition coefficient (Wildman–Crippen LogP) is 5.90. The molecule has 14 heteroatoms. The number of ether oxygens (including phenoxy) is 4. The SMILES string of the molecule is [N-]=[N+]=NCCN1C(=O)COc2ccc(COC3CN(C(=O)O)CCC3c3ccc(OCCCOc4cc(F)ccc4F)cc3)cc21. The number of nitrogens with zero attached hydrogens (tertiary/aromatic N) is 5. The molecule has 2 atom stereocenters. The molecule has 2 aliphatic rings. The summed E-state index contributed by atoms with van der Waals surface area (Å²) < 4.78 is 50.0. The van der Waals surface area contributed by atoms with E-state index in [1.165, 1.54) is 9.80 Å². The highest BCUT2D eigenvalue weighted by molar-refractivity contribution is 5.97. The molecule has 3 aromatic rings. The first-order valence-corrected chi connectivity index (χ1v) is 14.8. The monoisotopic (exact) mass is 637 g/mol. The van der Waals surface area contributed by atoms with Crippen molar-refractivity contribution in [3.05, 3.63) is 93.9 Å². The zero-order valence-corrected chi connectivity index (χ0v) is 24.9. The van der Waals surface area contributed by atoms with Crippen molar-refractivity contribution in [1.29, 1.82) is 0 Å². The molecule has 12 nitrogen and oxygen atoms in total. The fraction of sp³-hybridized carbons (Fsp3) is 0.375. The van der Waals surface area contributed by atoms with Gasteiger partial charge in [-0.1, -0.05) is 23.3 Å². The number of benzene rings is 3. The lowest BCUT2D eigenvalue weighted by Gasteiger charge is -2.37. The second kappa shape index (κ2) is 15.3. The molecule has 1 saturated heterocycles. The van der Waals surface area contributed by atoms with Crippen LogP contribution in [0.15, 0.2) is 65.8 Å². The number of piperidine rings is 1. The Morgan fingerprint density at radius 1 is 1.09 bits per heavy atom. The van der Waals surface area contributed by atoms with Gasteiger partial charge in [-0.05, 0) is 59.5 Å². The molecule has 5 rings (SSSR count). The Morgan fingerprint density at radius 3 is 2.67 bits per heavy atom. The first-order chi connectivity index (χ1) is 22.3. The molecular weight excluding hydrogens is 604 g/mol. The molecule has 2 heterocycles. The van der Waals surface area contributed by atoms with Crippen LogP contribution in [0.4, 0.5) is 19.3 Å². The summed E-state index contributed by atoms with van der Waals surface area (Å²) >= 11 is 0. The van der Waals surface area contributed by atoms with Crippen LogP contribution < -0.4 is 19.1 Å². The minimum atomic E-state index is -1.01. The van der Waals surface area contributed by atoms with Crippen LogP contribution in [0.1, 0.15) is 29.9 Å². The van der Waals surface area contributed by atoms with E-state index in [0.29, 0.717) is 43.2 Å². The van der Waals surface area contributed by atoms with Crippen LogP contribution in [0, 0.1) is 11.6 Å². The van der Waals surface area contributed by atoms with Gasteiger partial charge in [-0.25, -0.2) is 13.6 Å². The Morgan fingerprint density at radius 2 is 1.89 bits per heavy atom. The summed E-state index contributed by atoms with van der Waals surface area (Å²) in [6.45, 7) is 1.40. The van der Waals surface area contributed by atoms with E-state index in [4.69, 9.17) is 24.5 Å². The Bertz CT molecular complexity index is 1590. The van der Waals surface area contributed by atoms with Crippen LogP contribution in [0.2, 0.25) is 0 Å². The van der Waals surface area contributed by atoms with E-state index in [1.54, 1.807) is 12.1 Å². The van der Waals surface area contributed by atoms with Crippen molar-refractivity contribution in [3.63, 3.8) is 0 Å². The molecule has 3 aromatic carbocycles. The first kappa shape index (κ1) is 32.3. The highest BCUT2D eigenvalue weighted by atomic mass is 19.1. The number of carbonyl (C=O) groups excluding carboxylic acids is 1. The van der Waals surface area contributed by atoms with Gasteiger partial charge in [-0.3, -0.25) is 4.79 Å². The van der Waals surface area contributed by atoms with E-state index in [9.17, 15) is 23.5 Å². The third kappa shape index (κ3) is 8.14. The Hall–Kier alpha value is -5.07. The van der Waals surface area contributed by atoms with Gasteiger partial charge in [-0.2, -0.15) is 0 Å². The van der Waals surface area contributed by atoms with E-state index in [0.717, 1.165) is 29.3 Å². The third-order valence-corrected chi connectivity index (χ3v) is 7.76. The normalized spacial score (nSPS) is 17.5. The highest BCUT2D eigenvalue weighted by Gasteiger charge is 2.33. The minimum absolute atomic E-state index is 0.0814. The molecule has 0 saturated carbocycles. The van der Waals surface area contributed by atoms with Gasteiger partial charge >= 0.3 is 6.09 Å². The van der Waals surface area contributed by atoms with Crippen LogP contribution in [0.25, 0.3) is 10.4 Å². The minimum Gasteiger partial charge on any atom is -0.493 e. The molecule has 0 radical (unpaired) electrons. The summed E-state index contributed by atoms with van der Waals surface area (Å²) in [6, 6.07) is 15.9. The molecule has 0 bridgehead atoms. The van der Waals surface area contributed by atoms with Crippen molar-refractivity contribution in [2.45, 2.75) is 31.5 Å². The molecular formula is C32H33F2N5O7. The topological polar surface area (TPSA) is 147 Å². The Kier molecular flexibility index (Phi) is 10.7. The summed E-state index contributed by atoms with van der Waals surface area (Å²) in [5.41, 5.74) is 10.9. The zero-order chi connectivity index (χ0) is 32.5. The van der Waals surface area contributed by atoms with Crippen LogP contribution in [-0.2, 0) is 16.1 Å². The standard InChI is InChI=1S/C32H33F2N5O7/c33-23-5-8-26(34)29(17-23)44-15-1-14-43-24-6-3-22(4-7-24)25-10-12-38(32(41)42)18-30(25)45-19-21-2-9-28-27(16-21)39(13-11-36-37-35)31(40)20-46-28/h2-9,16-17,25,30H,1,10-15,18-20H2,(H,41,42). The maximum absolute atomic E-state index is 13.7. The number of halogens is 2. The van der Waals surface area contributed by atoms with Crippen LogP contribution in [0.5, 0.6) is 17.2 Å². The largest absolute Gasteiger partial charge is 0.493 e. The van der Waals surface area contributed by atoms with Crippen molar-refractivity contribution in [2.24, 2.45) is 5.11 Å². The zero-order valence-electron chi connectivity index (χ0n) is 24.9. The van der Waals surface area contributed by atoms with E-state index in [-0.39, 0.29) is 57.0 Å². The maximum atomic E-state index is 13.7. The van der Waals surface area contributed by atoms with Crippen molar-refractivity contribution < 1.29 is 42.4 Å². The van der Waals surface area contributed by atoms with Crippen molar-refractivity contribution in [2.75, 3.05) is 50.9 Å². The Balaban J connectivity index is 1.19. The van der Waals surface area contributed by atoms with Gasteiger partial charge in [0.1, 0.15) is 17.3 Å². The van der Waals surface area contributed by atoms with E-state index >= 15 is 0 Å². The van der Waals surface area contributed by atoms with Gasteiger partial charge in [-0.15, -0.1) is 0 Å². The lowest BCUT2D eigenvalue weighted by atomic mass is 9.87. The number of carboxylic acid groups (broad SMARTS) is 1. The van der Waals surface area contributed by atoms with Gasteiger partial charge in [0.15, 0.2) is 18.2 Å². The summed E-state index contributed by atoms with van der Waals surface area (Å²) in [5, 5.41) is 13.2. The number of anilines is 1. The molecule has 1 N–H and O–H groups in total. The van der Waals surface area contributed by atoms with Gasteiger partial charge < -0.3 is 33.9 Å². The van der Waals surface area contributed by atoms with E-state index < -0.39 is 23.8 Å². The molecule has 2 amide bonds. The lowest BCUT2D eigenvalue weighted by molar-refractivity contribution is -0.121. The van der Waals surface area contributed by atoms with E-state index in [2.05, 4.69) is 10.0 Å². The van der Waals surface area contributed by atoms with Crippen LogP contribution in [-0.4, -0.2) is 74.1 Å². The maximum Gasteiger partial charge on any atom is 0.407 e. The molecule has 242 valence electrons. The average Bonchev–Trinajstić information content (AvgIpc) is 3.06. The number of amides is 2. The molecule has 0 spiro atoms. The number of azide groups is 1. The summed E-state index contributed by atoms with van der Waals surface area (Å²) in [6.07, 6.45) is -0.437. The second-order valence-electron chi connectivity index (χ2n) is 10.8. The number of hydrogen-bond donors (Lipinski definition) is 1. The number of rotatable bonds is 13. The summed E-state index contributed by atoms with van der Waals surface area (Å²) in [4.78, 5) is 29.9. The van der Waals surface area contributed by atoms with Crippen LogP contribution >= 0.6 is 0 Å². The van der Waals surface area contributed by atoms with Gasteiger partial charge in [0.25, 0.3) is 5.91 Å². The number of hydrogen-bond acceptors (Lipinski definition) is 7. The smallest absolute Gasteiger partial charge is 0.407 e. The summed E-state index contributed by atoms with van der Waals surface area (Å²) in [5.74, 6) is -0.523. The van der Waals surface area contributed by atoms with E-state index in [1.807, 2.05) is 30.3 Å². The molecule has 46 heavy (non-hydrogen) atoms. The highest BCUT2D eigenvalue weighted by Crippen LogP contribution is 2.35. The predicted molar refractivity (Wildman–Crippen MR) is 162 cm³/mol. The van der Waals surface area contributed by atoms with Crippen LogP contribution in [0.3, 0.4) is 0 Å². The van der Waals surface area contributed by atoms with Crippen molar-refractivity contribution in [3.8, 4) is 17.2 Å². The second-order valence-corrected chi connectivity index (χ2v) is 10.8. The average molecular weight is 638 g/mol.